The third kappa shape index (κ3) is 3.06. The van der Waals surface area contributed by atoms with Crippen molar-refractivity contribution in [3.8, 4) is 17.0 Å². The van der Waals surface area contributed by atoms with Gasteiger partial charge in [-0.05, 0) is 25.1 Å². The van der Waals surface area contributed by atoms with Crippen LogP contribution in [-0.2, 0) is 0 Å². The molecule has 1 amide bonds. The van der Waals surface area contributed by atoms with E-state index in [2.05, 4.69) is 10.5 Å². The topological polar surface area (TPSA) is 64.4 Å². The van der Waals surface area contributed by atoms with E-state index in [1.54, 1.807) is 19.1 Å². The van der Waals surface area contributed by atoms with Crippen molar-refractivity contribution < 1.29 is 14.1 Å². The van der Waals surface area contributed by atoms with Crippen molar-refractivity contribution in [2.24, 2.45) is 0 Å². The van der Waals surface area contributed by atoms with Crippen LogP contribution >= 0.6 is 11.6 Å². The zero-order valence-electron chi connectivity index (χ0n) is 14.2. The van der Waals surface area contributed by atoms with Crippen LogP contribution in [0.3, 0.4) is 0 Å². The predicted octanol–water partition coefficient (Wildman–Crippen LogP) is 4.56. The molecule has 1 aromatic heterocycles. The number of aromatic nitrogens is 1. The number of amides is 1. The first-order valence-electron chi connectivity index (χ1n) is 8.38. The molecule has 1 aliphatic heterocycles. The maximum atomic E-state index is 13.0. The van der Waals surface area contributed by atoms with Gasteiger partial charge in [-0.25, -0.2) is 0 Å². The molecule has 1 N–H and O–H groups in total. The Morgan fingerprint density at radius 3 is 2.77 bits per heavy atom. The number of rotatable bonds is 3. The van der Waals surface area contributed by atoms with Gasteiger partial charge in [-0.2, -0.15) is 0 Å². The minimum Gasteiger partial charge on any atom is -0.493 e. The Morgan fingerprint density at radius 2 is 1.96 bits per heavy atom. The minimum absolute atomic E-state index is 0.111. The first-order valence-corrected chi connectivity index (χ1v) is 8.76. The minimum atomic E-state index is -0.213. The molecule has 0 fully saturated rings. The number of halogens is 1. The van der Waals surface area contributed by atoms with Crippen molar-refractivity contribution in [2.45, 2.75) is 19.4 Å². The molecule has 0 radical (unpaired) electrons. The van der Waals surface area contributed by atoms with Gasteiger partial charge in [0.2, 0.25) is 0 Å². The Morgan fingerprint density at radius 1 is 1.19 bits per heavy atom. The first kappa shape index (κ1) is 16.7. The normalized spacial score (nSPS) is 15.8. The number of nitrogens with one attached hydrogen (secondary N) is 1. The van der Waals surface area contributed by atoms with Gasteiger partial charge in [0.25, 0.3) is 5.91 Å². The van der Waals surface area contributed by atoms with Crippen molar-refractivity contribution >= 4 is 17.5 Å². The Bertz CT molecular complexity index is 950. The summed E-state index contributed by atoms with van der Waals surface area (Å²) < 4.78 is 11.0. The molecule has 5 nitrogen and oxygen atoms in total. The number of carbonyl (C=O) groups is 1. The van der Waals surface area contributed by atoms with E-state index in [4.69, 9.17) is 20.9 Å². The summed E-state index contributed by atoms with van der Waals surface area (Å²) in [5, 5.41) is 7.79. The molecule has 0 bridgehead atoms. The van der Waals surface area contributed by atoms with Crippen molar-refractivity contribution in [3.63, 3.8) is 0 Å². The number of nitrogens with zero attached hydrogens (tertiary/aromatic N) is 1. The fourth-order valence-corrected chi connectivity index (χ4v) is 3.29. The molecule has 26 heavy (non-hydrogen) atoms. The number of fused-ring (bicyclic) bond motifs is 1. The third-order valence-corrected chi connectivity index (χ3v) is 4.72. The summed E-state index contributed by atoms with van der Waals surface area (Å²) in [5.41, 5.74) is 2.71. The van der Waals surface area contributed by atoms with E-state index in [1.165, 1.54) is 0 Å². The summed E-state index contributed by atoms with van der Waals surface area (Å²) in [6.45, 7) is 2.30. The van der Waals surface area contributed by atoms with Crippen LogP contribution in [0.4, 0.5) is 0 Å². The van der Waals surface area contributed by atoms with Crippen molar-refractivity contribution in [1.29, 1.82) is 0 Å². The molecule has 2 aromatic carbocycles. The summed E-state index contributed by atoms with van der Waals surface area (Å²) >= 11 is 5.95. The van der Waals surface area contributed by atoms with Crippen molar-refractivity contribution in [1.82, 2.24) is 10.5 Å². The number of carbonyl (C=O) groups excluding carboxylic acids is 1. The van der Waals surface area contributed by atoms with Crippen LogP contribution < -0.4 is 10.1 Å². The molecule has 4 rings (SSSR count). The Balaban J connectivity index is 1.64. The molecule has 0 spiro atoms. The number of para-hydroxylation sites is 1. The highest BCUT2D eigenvalue weighted by molar-refractivity contribution is 6.30. The zero-order chi connectivity index (χ0) is 18.1. The van der Waals surface area contributed by atoms with E-state index in [1.807, 2.05) is 36.4 Å². The van der Waals surface area contributed by atoms with Gasteiger partial charge in [0.1, 0.15) is 22.8 Å². The number of hydrogen-bond acceptors (Lipinski definition) is 4. The lowest BCUT2D eigenvalue weighted by Crippen LogP contribution is -2.32. The molecule has 1 aliphatic rings. The lowest BCUT2D eigenvalue weighted by atomic mass is 9.99. The molecular formula is C20H17ClN2O3. The predicted molar refractivity (Wildman–Crippen MR) is 98.4 cm³/mol. The molecule has 1 atom stereocenters. The molecule has 0 aliphatic carbocycles. The molecule has 0 saturated heterocycles. The van der Waals surface area contributed by atoms with Gasteiger partial charge < -0.3 is 14.6 Å². The van der Waals surface area contributed by atoms with E-state index in [-0.39, 0.29) is 11.9 Å². The van der Waals surface area contributed by atoms with Gasteiger partial charge in [0.05, 0.1) is 12.6 Å². The fraction of sp³-hybridized carbons (Fsp3) is 0.200. The molecule has 0 saturated carbocycles. The first-order chi connectivity index (χ1) is 12.6. The van der Waals surface area contributed by atoms with Crippen LogP contribution in [0.5, 0.6) is 5.75 Å². The molecular weight excluding hydrogens is 352 g/mol. The highest BCUT2D eigenvalue weighted by Crippen LogP contribution is 2.33. The van der Waals surface area contributed by atoms with E-state index in [9.17, 15) is 4.79 Å². The summed E-state index contributed by atoms with van der Waals surface area (Å²) in [7, 11) is 0. The monoisotopic (exact) mass is 368 g/mol. The number of ether oxygens (including phenoxy) is 1. The van der Waals surface area contributed by atoms with Crippen LogP contribution in [0.15, 0.2) is 53.1 Å². The summed E-state index contributed by atoms with van der Waals surface area (Å²) in [5.74, 6) is 1.08. The van der Waals surface area contributed by atoms with Crippen LogP contribution in [0.25, 0.3) is 11.3 Å². The molecule has 132 valence electrons. The second-order valence-corrected chi connectivity index (χ2v) is 6.61. The summed E-state index contributed by atoms with van der Waals surface area (Å²) in [6.07, 6.45) is 0.712. The highest BCUT2D eigenvalue weighted by atomic mass is 35.5. The van der Waals surface area contributed by atoms with Crippen LogP contribution in [0.1, 0.15) is 34.1 Å². The smallest absolute Gasteiger partial charge is 0.257 e. The van der Waals surface area contributed by atoms with Crippen LogP contribution in [0, 0.1) is 6.92 Å². The van der Waals surface area contributed by atoms with Gasteiger partial charge in [0, 0.05) is 22.6 Å². The third-order valence-electron chi connectivity index (χ3n) is 4.47. The largest absolute Gasteiger partial charge is 0.493 e. The Labute approximate surface area is 155 Å². The van der Waals surface area contributed by atoms with Gasteiger partial charge in [-0.3, -0.25) is 4.79 Å². The Hall–Kier alpha value is -2.79. The van der Waals surface area contributed by atoms with Crippen LogP contribution in [0.2, 0.25) is 5.02 Å². The molecule has 2 heterocycles. The van der Waals surface area contributed by atoms with Gasteiger partial charge in [-0.1, -0.05) is 47.1 Å². The molecule has 6 heteroatoms. The summed E-state index contributed by atoms with van der Waals surface area (Å²) in [4.78, 5) is 13.0. The quantitative estimate of drug-likeness (QED) is 0.736. The van der Waals surface area contributed by atoms with E-state index < -0.39 is 0 Å². The average Bonchev–Trinajstić information content (AvgIpc) is 3.04. The van der Waals surface area contributed by atoms with Gasteiger partial charge in [0.15, 0.2) is 0 Å². The van der Waals surface area contributed by atoms with Crippen LogP contribution in [-0.4, -0.2) is 17.7 Å². The molecule has 0 unspecified atom stereocenters. The van der Waals surface area contributed by atoms with Crippen molar-refractivity contribution in [3.05, 3.63) is 70.4 Å². The Kier molecular flexibility index (Phi) is 4.39. The lowest BCUT2D eigenvalue weighted by Gasteiger charge is -2.26. The second-order valence-electron chi connectivity index (χ2n) is 6.17. The average molecular weight is 369 g/mol. The number of hydrogen-bond donors (Lipinski definition) is 1. The van der Waals surface area contributed by atoms with Crippen molar-refractivity contribution in [2.75, 3.05) is 6.61 Å². The van der Waals surface area contributed by atoms with E-state index >= 15 is 0 Å². The van der Waals surface area contributed by atoms with Gasteiger partial charge >= 0.3 is 0 Å². The fourth-order valence-electron chi connectivity index (χ4n) is 3.17. The maximum Gasteiger partial charge on any atom is 0.257 e. The lowest BCUT2D eigenvalue weighted by molar-refractivity contribution is 0.0924. The van der Waals surface area contributed by atoms with E-state index in [0.717, 1.165) is 16.9 Å². The maximum absolute atomic E-state index is 13.0. The van der Waals surface area contributed by atoms with E-state index in [0.29, 0.717) is 35.1 Å². The number of aryl methyl sites for hydroxylation is 1. The summed E-state index contributed by atoms with van der Waals surface area (Å²) in [6, 6.07) is 14.8. The SMILES string of the molecule is Cc1onc(-c2ccc(Cl)cc2)c1C(=O)N[C@@H]1CCOc2ccccc21. The second kappa shape index (κ2) is 6.84. The standard InChI is InChI=1S/C20H17ClN2O3/c1-12-18(19(23-26-12)13-6-8-14(21)9-7-13)20(24)22-16-10-11-25-17-5-3-2-4-15(16)17/h2-9,16H,10-11H2,1H3,(H,22,24)/t16-/m1/s1. The van der Waals surface area contributed by atoms with Gasteiger partial charge in [-0.15, -0.1) is 0 Å². The zero-order valence-corrected chi connectivity index (χ0v) is 14.9. The molecule has 3 aromatic rings. The number of benzene rings is 2. The highest BCUT2D eigenvalue weighted by Gasteiger charge is 2.27.